The summed E-state index contributed by atoms with van der Waals surface area (Å²) in [6.07, 6.45) is -3.44. The van der Waals surface area contributed by atoms with Crippen LogP contribution in [0, 0.1) is 6.92 Å². The zero-order valence-electron chi connectivity index (χ0n) is 11.8. The molecule has 0 atom stereocenters. The van der Waals surface area contributed by atoms with Crippen LogP contribution in [0.1, 0.15) is 30.3 Å². The van der Waals surface area contributed by atoms with Crippen molar-refractivity contribution in [3.8, 4) is 5.69 Å². The van der Waals surface area contributed by atoms with Crippen molar-refractivity contribution in [3.63, 3.8) is 0 Å². The highest BCUT2D eigenvalue weighted by atomic mass is 19.4. The molecule has 0 spiro atoms. The summed E-state index contributed by atoms with van der Waals surface area (Å²) in [6, 6.07) is 3.54. The molecule has 0 saturated carbocycles. The Labute approximate surface area is 120 Å². The van der Waals surface area contributed by atoms with Gasteiger partial charge in [0.2, 0.25) is 0 Å². The number of hydrogen-bond donors (Lipinski definition) is 1. The fraction of sp³-hybridized carbons (Fsp3) is 0.462. The van der Waals surface area contributed by atoms with E-state index in [2.05, 4.69) is 20.8 Å². The van der Waals surface area contributed by atoms with Crippen LogP contribution < -0.4 is 5.32 Å². The van der Waals surface area contributed by atoms with Crippen molar-refractivity contribution >= 4 is 0 Å². The fourth-order valence-corrected chi connectivity index (χ4v) is 1.89. The molecule has 8 heteroatoms. The van der Waals surface area contributed by atoms with Gasteiger partial charge in [-0.2, -0.15) is 17.9 Å². The second-order valence-electron chi connectivity index (χ2n) is 4.68. The second-order valence-corrected chi connectivity index (χ2v) is 4.68. The third-order valence-corrected chi connectivity index (χ3v) is 3.01. The largest absolute Gasteiger partial charge is 0.416 e. The average molecular weight is 299 g/mol. The van der Waals surface area contributed by atoms with Crippen molar-refractivity contribution in [2.24, 2.45) is 0 Å². The minimum absolute atomic E-state index is 0.336. The molecule has 1 N–H and O–H groups in total. The van der Waals surface area contributed by atoms with E-state index in [1.807, 2.05) is 6.92 Å². The Kier molecular flexibility index (Phi) is 4.56. The lowest BCUT2D eigenvalue weighted by molar-refractivity contribution is -0.137. The minimum Gasteiger partial charge on any atom is -0.310 e. The molecule has 114 valence electrons. The molecule has 1 heterocycles. The van der Waals surface area contributed by atoms with E-state index in [1.54, 1.807) is 6.92 Å². The zero-order valence-corrected chi connectivity index (χ0v) is 11.8. The number of tetrazole rings is 1. The normalized spacial score (nSPS) is 11.9. The molecule has 2 rings (SSSR count). The molecule has 1 aromatic carbocycles. The van der Waals surface area contributed by atoms with E-state index in [0.29, 0.717) is 23.6 Å². The molecule has 0 aliphatic carbocycles. The van der Waals surface area contributed by atoms with E-state index in [0.717, 1.165) is 25.1 Å². The van der Waals surface area contributed by atoms with E-state index in [-0.39, 0.29) is 0 Å². The van der Waals surface area contributed by atoms with Gasteiger partial charge >= 0.3 is 6.18 Å². The zero-order chi connectivity index (χ0) is 15.5. The summed E-state index contributed by atoms with van der Waals surface area (Å²) in [5, 5.41) is 14.3. The van der Waals surface area contributed by atoms with Crippen molar-refractivity contribution in [1.82, 2.24) is 25.5 Å². The maximum atomic E-state index is 12.8. The Morgan fingerprint density at radius 2 is 2.05 bits per heavy atom. The van der Waals surface area contributed by atoms with Crippen LogP contribution in [-0.2, 0) is 12.7 Å². The summed E-state index contributed by atoms with van der Waals surface area (Å²) in [6.45, 7) is 4.93. The van der Waals surface area contributed by atoms with Crippen molar-refractivity contribution in [2.45, 2.75) is 33.0 Å². The van der Waals surface area contributed by atoms with Crippen LogP contribution in [-0.4, -0.2) is 26.8 Å². The lowest BCUT2D eigenvalue weighted by atomic mass is 10.1. The molecule has 0 aliphatic heterocycles. The molecule has 0 radical (unpaired) electrons. The molecule has 0 amide bonds. The van der Waals surface area contributed by atoms with Crippen LogP contribution in [0.4, 0.5) is 13.2 Å². The SMILES string of the molecule is CCCNCc1nnnn1-c1cc(C(F)(F)F)ccc1C. The van der Waals surface area contributed by atoms with Crippen LogP contribution in [0.2, 0.25) is 0 Å². The number of alkyl halides is 3. The van der Waals surface area contributed by atoms with Crippen LogP contribution in [0.25, 0.3) is 5.69 Å². The first-order chi connectivity index (χ1) is 9.93. The topological polar surface area (TPSA) is 55.6 Å². The van der Waals surface area contributed by atoms with Crippen molar-refractivity contribution in [3.05, 3.63) is 35.2 Å². The lowest BCUT2D eigenvalue weighted by Crippen LogP contribution is -2.18. The number of halogens is 3. The first-order valence-electron chi connectivity index (χ1n) is 6.59. The van der Waals surface area contributed by atoms with Gasteiger partial charge < -0.3 is 5.32 Å². The minimum atomic E-state index is -4.39. The Bertz CT molecular complexity index is 606. The average Bonchev–Trinajstić information content (AvgIpc) is 2.86. The molecule has 0 fully saturated rings. The molecule has 0 saturated heterocycles. The van der Waals surface area contributed by atoms with E-state index < -0.39 is 11.7 Å². The predicted octanol–water partition coefficient (Wildman–Crippen LogP) is 2.49. The summed E-state index contributed by atoms with van der Waals surface area (Å²) < 4.78 is 39.8. The monoisotopic (exact) mass is 299 g/mol. The number of nitrogens with zero attached hydrogens (tertiary/aromatic N) is 4. The van der Waals surface area contributed by atoms with E-state index in [1.165, 1.54) is 10.7 Å². The molecule has 5 nitrogen and oxygen atoms in total. The van der Waals surface area contributed by atoms with E-state index >= 15 is 0 Å². The summed E-state index contributed by atoms with van der Waals surface area (Å²) >= 11 is 0. The molecule has 2 aromatic rings. The third kappa shape index (κ3) is 3.57. The molecule has 0 bridgehead atoms. The maximum absolute atomic E-state index is 12.8. The molecule has 0 aliphatic rings. The highest BCUT2D eigenvalue weighted by molar-refractivity contribution is 5.43. The highest BCUT2D eigenvalue weighted by Gasteiger charge is 2.31. The van der Waals surface area contributed by atoms with Gasteiger partial charge in [0.05, 0.1) is 17.8 Å². The summed E-state index contributed by atoms with van der Waals surface area (Å²) in [5.41, 5.74) is 0.293. The highest BCUT2D eigenvalue weighted by Crippen LogP contribution is 2.31. The number of hydrogen-bond acceptors (Lipinski definition) is 4. The number of nitrogens with one attached hydrogen (secondary N) is 1. The van der Waals surface area contributed by atoms with Gasteiger partial charge in [-0.15, -0.1) is 5.10 Å². The standard InChI is InChI=1S/C13H16F3N5/c1-3-6-17-8-12-18-19-20-21(12)11-7-10(13(14,15)16)5-4-9(11)2/h4-5,7,17H,3,6,8H2,1-2H3. The van der Waals surface area contributed by atoms with Gasteiger partial charge in [-0.25, -0.2) is 0 Å². The van der Waals surface area contributed by atoms with Gasteiger partial charge in [-0.05, 0) is 48.0 Å². The Balaban J connectivity index is 2.36. The van der Waals surface area contributed by atoms with Gasteiger partial charge in [0.25, 0.3) is 0 Å². The molecule has 0 unspecified atom stereocenters. The van der Waals surface area contributed by atoms with Crippen LogP contribution in [0.15, 0.2) is 18.2 Å². The van der Waals surface area contributed by atoms with Crippen LogP contribution in [0.5, 0.6) is 0 Å². The smallest absolute Gasteiger partial charge is 0.310 e. The van der Waals surface area contributed by atoms with E-state index in [9.17, 15) is 13.2 Å². The Morgan fingerprint density at radius 1 is 1.29 bits per heavy atom. The van der Waals surface area contributed by atoms with Crippen LogP contribution in [0.3, 0.4) is 0 Å². The van der Waals surface area contributed by atoms with Gasteiger partial charge in [0.15, 0.2) is 5.82 Å². The third-order valence-electron chi connectivity index (χ3n) is 3.01. The number of rotatable bonds is 5. The van der Waals surface area contributed by atoms with Crippen molar-refractivity contribution in [1.29, 1.82) is 0 Å². The number of benzene rings is 1. The van der Waals surface area contributed by atoms with Gasteiger partial charge in [0, 0.05) is 0 Å². The molecular weight excluding hydrogens is 283 g/mol. The first-order valence-corrected chi connectivity index (χ1v) is 6.59. The maximum Gasteiger partial charge on any atom is 0.416 e. The molecule has 21 heavy (non-hydrogen) atoms. The van der Waals surface area contributed by atoms with Crippen molar-refractivity contribution < 1.29 is 13.2 Å². The van der Waals surface area contributed by atoms with Gasteiger partial charge in [-0.1, -0.05) is 13.0 Å². The fourth-order valence-electron chi connectivity index (χ4n) is 1.89. The Morgan fingerprint density at radius 3 is 2.71 bits per heavy atom. The summed E-state index contributed by atoms with van der Waals surface area (Å²) in [7, 11) is 0. The summed E-state index contributed by atoms with van der Waals surface area (Å²) in [5.74, 6) is 0.478. The van der Waals surface area contributed by atoms with Crippen molar-refractivity contribution in [2.75, 3.05) is 6.54 Å². The van der Waals surface area contributed by atoms with Crippen LogP contribution >= 0.6 is 0 Å². The molecular formula is C13H16F3N5. The quantitative estimate of drug-likeness (QED) is 0.862. The predicted molar refractivity (Wildman–Crippen MR) is 70.9 cm³/mol. The summed E-state index contributed by atoms with van der Waals surface area (Å²) in [4.78, 5) is 0. The number of aryl methyl sites for hydroxylation is 1. The first kappa shape index (κ1) is 15.4. The Hall–Kier alpha value is -1.96. The second kappa shape index (κ2) is 6.21. The van der Waals surface area contributed by atoms with Gasteiger partial charge in [0.1, 0.15) is 0 Å². The van der Waals surface area contributed by atoms with E-state index in [4.69, 9.17) is 0 Å². The molecule has 1 aromatic heterocycles. The number of aromatic nitrogens is 4. The van der Waals surface area contributed by atoms with Gasteiger partial charge in [-0.3, -0.25) is 0 Å². The lowest BCUT2D eigenvalue weighted by Gasteiger charge is -2.12.